The molecule has 1 aromatic carbocycles. The van der Waals surface area contributed by atoms with Gasteiger partial charge < -0.3 is 15.6 Å². The molecular weight excluding hydrogens is 392 g/mol. The van der Waals surface area contributed by atoms with E-state index < -0.39 is 11.6 Å². The highest BCUT2D eigenvalue weighted by Gasteiger charge is 2.35. The number of anilines is 1. The van der Waals surface area contributed by atoms with Gasteiger partial charge >= 0.3 is 5.97 Å². The molecular formula is C24H30N4O3. The minimum atomic E-state index is -0.686. The lowest BCUT2D eigenvalue weighted by Gasteiger charge is -2.33. The highest BCUT2D eigenvalue weighted by Crippen LogP contribution is 2.41. The Morgan fingerprint density at radius 1 is 1.16 bits per heavy atom. The number of carboxylic acids is 1. The van der Waals surface area contributed by atoms with Crippen LogP contribution in [0.2, 0.25) is 0 Å². The van der Waals surface area contributed by atoms with Crippen LogP contribution in [0.5, 0.6) is 5.88 Å². The van der Waals surface area contributed by atoms with Gasteiger partial charge in [0.05, 0.1) is 11.6 Å². The smallest absolute Gasteiger partial charge is 0.306 e. The Kier molecular flexibility index (Phi) is 5.45. The topological polar surface area (TPSA) is 111 Å². The number of aromatic nitrogens is 2. The lowest BCUT2D eigenvalue weighted by atomic mass is 9.74. The highest BCUT2D eigenvalue weighted by molar-refractivity contribution is 6.09. The second kappa shape index (κ2) is 7.94. The first-order chi connectivity index (χ1) is 14.7. The first kappa shape index (κ1) is 21.3. The van der Waals surface area contributed by atoms with Crippen molar-refractivity contribution in [3.8, 4) is 5.88 Å². The first-order valence-electron chi connectivity index (χ1n) is 10.9. The van der Waals surface area contributed by atoms with Crippen LogP contribution in [-0.2, 0) is 4.79 Å². The lowest BCUT2D eigenvalue weighted by molar-refractivity contribution is -0.143. The summed E-state index contributed by atoms with van der Waals surface area (Å²) in [5.41, 5.74) is 8.97. The standard InChI is InChI=1S/C24H30N4O3/c1-13(23(29)30)15-5-7-16(8-6-15)17-9-11-18(12-10-17)20-24(3,4)31-22-19(28-20)21(25)26-14(2)27-22/h9-13,15-16H,5-8H2,1-4H3,(H,29,30)(H2,25,26,27)/t13-,15?,16?/m1/s1. The third-order valence-electron chi connectivity index (χ3n) is 6.66. The predicted octanol–water partition coefficient (Wildman–Crippen LogP) is 4.65. The van der Waals surface area contributed by atoms with E-state index in [-0.39, 0.29) is 11.8 Å². The van der Waals surface area contributed by atoms with Crippen molar-refractivity contribution in [2.75, 3.05) is 5.73 Å². The van der Waals surface area contributed by atoms with Crippen LogP contribution in [0.3, 0.4) is 0 Å². The molecule has 2 aliphatic rings. The van der Waals surface area contributed by atoms with Crippen molar-refractivity contribution in [2.45, 2.75) is 64.9 Å². The van der Waals surface area contributed by atoms with Gasteiger partial charge in [0.1, 0.15) is 11.4 Å². The summed E-state index contributed by atoms with van der Waals surface area (Å²) in [5.74, 6) is 1.09. The number of fused-ring (bicyclic) bond motifs is 1. The fourth-order valence-electron chi connectivity index (χ4n) is 4.75. The molecule has 31 heavy (non-hydrogen) atoms. The lowest BCUT2D eigenvalue weighted by Crippen LogP contribution is -2.41. The molecule has 2 heterocycles. The van der Waals surface area contributed by atoms with Crippen LogP contribution in [0.15, 0.2) is 29.3 Å². The molecule has 4 rings (SSSR count). The first-order valence-corrected chi connectivity index (χ1v) is 10.9. The molecule has 2 aromatic rings. The Morgan fingerprint density at radius 3 is 2.42 bits per heavy atom. The molecule has 0 spiro atoms. The molecule has 0 saturated heterocycles. The monoisotopic (exact) mass is 422 g/mol. The fourth-order valence-corrected chi connectivity index (χ4v) is 4.75. The van der Waals surface area contributed by atoms with Crippen molar-refractivity contribution < 1.29 is 14.6 Å². The minimum absolute atomic E-state index is 0.266. The van der Waals surface area contributed by atoms with Crippen LogP contribution in [0, 0.1) is 18.8 Å². The zero-order valence-electron chi connectivity index (χ0n) is 18.6. The van der Waals surface area contributed by atoms with Crippen LogP contribution in [0.25, 0.3) is 0 Å². The van der Waals surface area contributed by atoms with Crippen molar-refractivity contribution in [3.63, 3.8) is 0 Å². The number of aryl methyl sites for hydroxylation is 1. The molecule has 1 fully saturated rings. The van der Waals surface area contributed by atoms with E-state index in [0.29, 0.717) is 29.1 Å². The number of rotatable bonds is 4. The summed E-state index contributed by atoms with van der Waals surface area (Å²) >= 11 is 0. The van der Waals surface area contributed by atoms with E-state index in [0.717, 1.165) is 37.0 Å². The number of nitrogens with two attached hydrogens (primary N) is 1. The van der Waals surface area contributed by atoms with Crippen LogP contribution < -0.4 is 10.5 Å². The third kappa shape index (κ3) is 4.13. The molecule has 7 nitrogen and oxygen atoms in total. The molecule has 164 valence electrons. The Labute approximate surface area is 182 Å². The summed E-state index contributed by atoms with van der Waals surface area (Å²) in [6, 6.07) is 8.48. The maximum atomic E-state index is 11.3. The van der Waals surface area contributed by atoms with Crippen molar-refractivity contribution in [2.24, 2.45) is 16.8 Å². The van der Waals surface area contributed by atoms with Crippen molar-refractivity contribution in [1.82, 2.24) is 9.97 Å². The van der Waals surface area contributed by atoms with Crippen LogP contribution in [0.1, 0.15) is 69.3 Å². The number of aliphatic imine (C=N–C) groups is 1. The van der Waals surface area contributed by atoms with Gasteiger partial charge in [-0.3, -0.25) is 4.79 Å². The zero-order chi connectivity index (χ0) is 22.3. The van der Waals surface area contributed by atoms with E-state index in [1.165, 1.54) is 5.56 Å². The summed E-state index contributed by atoms with van der Waals surface area (Å²) in [7, 11) is 0. The van der Waals surface area contributed by atoms with Crippen LogP contribution in [-0.4, -0.2) is 32.4 Å². The van der Waals surface area contributed by atoms with Crippen molar-refractivity contribution in [1.29, 1.82) is 0 Å². The summed E-state index contributed by atoms with van der Waals surface area (Å²) in [6.45, 7) is 7.55. The Morgan fingerprint density at radius 2 is 1.81 bits per heavy atom. The Balaban J connectivity index is 1.54. The number of aliphatic carboxylic acids is 1. The molecule has 0 amide bonds. The molecule has 1 aliphatic heterocycles. The maximum absolute atomic E-state index is 11.3. The summed E-state index contributed by atoms with van der Waals surface area (Å²) in [4.78, 5) is 24.6. The summed E-state index contributed by atoms with van der Waals surface area (Å²) in [5, 5.41) is 9.27. The van der Waals surface area contributed by atoms with Crippen LogP contribution >= 0.6 is 0 Å². The average Bonchev–Trinajstić information content (AvgIpc) is 2.72. The van der Waals surface area contributed by atoms with E-state index in [9.17, 15) is 9.90 Å². The van der Waals surface area contributed by atoms with E-state index in [1.54, 1.807) is 6.92 Å². The van der Waals surface area contributed by atoms with Gasteiger partial charge in [-0.2, -0.15) is 4.98 Å². The average molecular weight is 423 g/mol. The van der Waals surface area contributed by atoms with Gasteiger partial charge in [0.15, 0.2) is 11.5 Å². The molecule has 3 N–H and O–H groups in total. The summed E-state index contributed by atoms with van der Waals surface area (Å²) in [6.07, 6.45) is 3.97. The SMILES string of the molecule is Cc1nc(N)c2c(n1)OC(C)(C)C(c1ccc(C3CCC([C@@H](C)C(=O)O)CC3)cc1)=N2. The number of hydrogen-bond acceptors (Lipinski definition) is 6. The molecule has 0 unspecified atom stereocenters. The largest absolute Gasteiger partial charge is 0.481 e. The normalized spacial score (nSPS) is 23.3. The van der Waals surface area contributed by atoms with Gasteiger partial charge in [-0.1, -0.05) is 31.2 Å². The Hall–Kier alpha value is -2.96. The number of hydrogen-bond donors (Lipinski definition) is 2. The van der Waals surface area contributed by atoms with E-state index >= 15 is 0 Å². The van der Waals surface area contributed by atoms with Crippen molar-refractivity contribution >= 4 is 23.2 Å². The van der Waals surface area contributed by atoms with Gasteiger partial charge in [0.2, 0.25) is 5.88 Å². The third-order valence-corrected chi connectivity index (χ3v) is 6.66. The number of carbonyl (C=O) groups is 1. The Bertz CT molecular complexity index is 1020. The molecule has 7 heteroatoms. The number of nitrogen functional groups attached to an aromatic ring is 1. The molecule has 0 bridgehead atoms. The van der Waals surface area contributed by atoms with Gasteiger partial charge in [-0.05, 0) is 63.9 Å². The van der Waals surface area contributed by atoms with E-state index in [2.05, 4.69) is 34.2 Å². The van der Waals surface area contributed by atoms with E-state index in [1.807, 2.05) is 20.8 Å². The van der Waals surface area contributed by atoms with E-state index in [4.69, 9.17) is 15.5 Å². The molecule has 1 aromatic heterocycles. The molecule has 1 aliphatic carbocycles. The van der Waals surface area contributed by atoms with Crippen LogP contribution in [0.4, 0.5) is 11.5 Å². The number of ether oxygens (including phenoxy) is 1. The summed E-state index contributed by atoms with van der Waals surface area (Å²) < 4.78 is 6.14. The van der Waals surface area contributed by atoms with Gasteiger partial charge in [0.25, 0.3) is 0 Å². The van der Waals surface area contributed by atoms with Crippen molar-refractivity contribution in [3.05, 3.63) is 41.2 Å². The van der Waals surface area contributed by atoms with Gasteiger partial charge in [-0.15, -0.1) is 0 Å². The van der Waals surface area contributed by atoms with Gasteiger partial charge in [-0.25, -0.2) is 9.98 Å². The number of nitrogens with zero attached hydrogens (tertiary/aromatic N) is 3. The minimum Gasteiger partial charge on any atom is -0.481 e. The maximum Gasteiger partial charge on any atom is 0.306 e. The second-order valence-corrected chi connectivity index (χ2v) is 9.24. The highest BCUT2D eigenvalue weighted by atomic mass is 16.5. The predicted molar refractivity (Wildman–Crippen MR) is 120 cm³/mol. The van der Waals surface area contributed by atoms with Gasteiger partial charge in [0, 0.05) is 5.56 Å². The fraction of sp³-hybridized carbons (Fsp3) is 0.500. The second-order valence-electron chi connectivity index (χ2n) is 9.24. The molecule has 1 saturated carbocycles. The number of benzene rings is 1. The molecule has 1 atom stereocenters. The quantitative estimate of drug-likeness (QED) is 0.742. The molecule has 0 radical (unpaired) electrons. The number of carboxylic acid groups (broad SMARTS) is 1. The zero-order valence-corrected chi connectivity index (χ0v) is 18.6.